The molecule has 0 bridgehead atoms. The van der Waals surface area contributed by atoms with E-state index in [1.807, 2.05) is 0 Å². The van der Waals surface area contributed by atoms with E-state index < -0.39 is 0 Å². The molecule has 1 nitrogen and oxygen atoms in total. The highest BCUT2D eigenvalue weighted by atomic mass is 19.1. The van der Waals surface area contributed by atoms with E-state index in [9.17, 15) is 4.39 Å². The molecule has 1 aromatic rings. The van der Waals surface area contributed by atoms with E-state index in [0.717, 1.165) is 18.4 Å². The normalized spacial score (nSPS) is 10.0. The Kier molecular flexibility index (Phi) is 3.05. The summed E-state index contributed by atoms with van der Waals surface area (Å²) >= 11 is 0. The maximum atomic E-state index is 12.4. The highest BCUT2D eigenvalue weighted by molar-refractivity contribution is 5.15. The number of nitrogens with one attached hydrogen (secondary N) is 1. The Hall–Kier alpha value is -0.890. The van der Waals surface area contributed by atoms with Crippen LogP contribution in [0, 0.1) is 5.82 Å². The predicted molar refractivity (Wildman–Crippen MR) is 42.7 cm³/mol. The minimum Gasteiger partial charge on any atom is -0.258 e. The van der Waals surface area contributed by atoms with Gasteiger partial charge in [-0.15, -0.1) is 0 Å². The monoisotopic (exact) mass is 152 g/mol. The van der Waals surface area contributed by atoms with Crippen LogP contribution in [0.1, 0.15) is 12.0 Å². The number of halogens is 1. The van der Waals surface area contributed by atoms with Crippen LogP contribution < -0.4 is 5.73 Å². The van der Waals surface area contributed by atoms with E-state index in [-0.39, 0.29) is 5.82 Å². The number of rotatable bonds is 3. The standard InChI is InChI=1S/C9H11FN/c10-9-5-3-8(4-6-9)2-1-7-11/h3-6,11H,1-2,7H2. The maximum absolute atomic E-state index is 12.4. The second-order valence-corrected chi connectivity index (χ2v) is 2.48. The Labute approximate surface area is 66.0 Å². The lowest BCUT2D eigenvalue weighted by Gasteiger charge is -1.97. The molecule has 0 unspecified atom stereocenters. The Morgan fingerprint density at radius 3 is 2.36 bits per heavy atom. The van der Waals surface area contributed by atoms with Crippen molar-refractivity contribution in [2.75, 3.05) is 6.54 Å². The van der Waals surface area contributed by atoms with Gasteiger partial charge < -0.3 is 0 Å². The number of hydrogen-bond donors (Lipinski definition) is 0. The van der Waals surface area contributed by atoms with E-state index in [2.05, 4.69) is 0 Å². The van der Waals surface area contributed by atoms with Crippen molar-refractivity contribution in [1.82, 2.24) is 5.73 Å². The zero-order valence-electron chi connectivity index (χ0n) is 6.31. The van der Waals surface area contributed by atoms with Crippen molar-refractivity contribution < 1.29 is 4.39 Å². The first-order valence-electron chi connectivity index (χ1n) is 3.72. The Bertz CT molecular complexity index is 205. The van der Waals surface area contributed by atoms with Crippen molar-refractivity contribution in [3.8, 4) is 0 Å². The van der Waals surface area contributed by atoms with Gasteiger partial charge in [0, 0.05) is 6.54 Å². The largest absolute Gasteiger partial charge is 0.258 e. The summed E-state index contributed by atoms with van der Waals surface area (Å²) in [6.45, 7) is 0.442. The second-order valence-electron chi connectivity index (χ2n) is 2.48. The van der Waals surface area contributed by atoms with Crippen LogP contribution in [0.4, 0.5) is 4.39 Å². The molecule has 0 aliphatic carbocycles. The summed E-state index contributed by atoms with van der Waals surface area (Å²) in [5, 5.41) is 0. The lowest BCUT2D eigenvalue weighted by atomic mass is 10.1. The van der Waals surface area contributed by atoms with Gasteiger partial charge in [0.2, 0.25) is 0 Å². The van der Waals surface area contributed by atoms with Gasteiger partial charge in [-0.3, -0.25) is 5.73 Å². The van der Waals surface area contributed by atoms with Crippen molar-refractivity contribution in [1.29, 1.82) is 0 Å². The summed E-state index contributed by atoms with van der Waals surface area (Å²) in [7, 11) is 0. The SMILES string of the molecule is [NH]CCCc1ccc(F)cc1. The molecule has 0 aliphatic rings. The molecule has 0 fully saturated rings. The Morgan fingerprint density at radius 1 is 1.18 bits per heavy atom. The van der Waals surface area contributed by atoms with Gasteiger partial charge in [-0.1, -0.05) is 12.1 Å². The van der Waals surface area contributed by atoms with Gasteiger partial charge in [-0.2, -0.15) is 0 Å². The van der Waals surface area contributed by atoms with Crippen molar-refractivity contribution >= 4 is 0 Å². The fourth-order valence-corrected chi connectivity index (χ4v) is 0.944. The molecule has 0 atom stereocenters. The Morgan fingerprint density at radius 2 is 1.82 bits per heavy atom. The third-order valence-electron chi connectivity index (χ3n) is 1.56. The number of benzene rings is 1. The van der Waals surface area contributed by atoms with Crippen molar-refractivity contribution in [3.05, 3.63) is 35.6 Å². The molecule has 1 rings (SSSR count). The minimum atomic E-state index is -0.195. The highest BCUT2D eigenvalue weighted by Gasteiger charge is 1.92. The van der Waals surface area contributed by atoms with Gasteiger partial charge in [0.05, 0.1) is 0 Å². The predicted octanol–water partition coefficient (Wildman–Crippen LogP) is 2.04. The van der Waals surface area contributed by atoms with Gasteiger partial charge in [-0.05, 0) is 30.5 Å². The molecule has 0 amide bonds. The van der Waals surface area contributed by atoms with Crippen LogP contribution in [-0.4, -0.2) is 6.54 Å². The van der Waals surface area contributed by atoms with Gasteiger partial charge in [0.25, 0.3) is 0 Å². The minimum absolute atomic E-state index is 0.195. The van der Waals surface area contributed by atoms with Crippen LogP contribution in [0.3, 0.4) is 0 Å². The van der Waals surface area contributed by atoms with Crippen molar-refractivity contribution in [2.24, 2.45) is 0 Å². The molecule has 0 aromatic heterocycles. The first-order chi connectivity index (χ1) is 5.33. The molecule has 1 aromatic carbocycles. The van der Waals surface area contributed by atoms with Crippen molar-refractivity contribution in [2.45, 2.75) is 12.8 Å². The molecule has 59 valence electrons. The molecular formula is C9H11FN. The molecule has 1 radical (unpaired) electrons. The summed E-state index contributed by atoms with van der Waals surface area (Å²) in [6, 6.07) is 6.45. The second kappa shape index (κ2) is 4.09. The molecular weight excluding hydrogens is 141 g/mol. The molecule has 2 heteroatoms. The topological polar surface area (TPSA) is 23.8 Å². The molecule has 0 saturated carbocycles. The zero-order valence-corrected chi connectivity index (χ0v) is 6.31. The lowest BCUT2D eigenvalue weighted by Crippen LogP contribution is -1.90. The van der Waals surface area contributed by atoms with E-state index in [1.54, 1.807) is 12.1 Å². The molecule has 1 N–H and O–H groups in total. The summed E-state index contributed by atoms with van der Waals surface area (Å²) in [5.74, 6) is -0.195. The van der Waals surface area contributed by atoms with Crippen LogP contribution in [0.25, 0.3) is 0 Å². The lowest BCUT2D eigenvalue weighted by molar-refractivity contribution is 0.626. The van der Waals surface area contributed by atoms with E-state index in [0.29, 0.717) is 6.54 Å². The summed E-state index contributed by atoms with van der Waals surface area (Å²) in [5.41, 5.74) is 8.03. The summed E-state index contributed by atoms with van der Waals surface area (Å²) in [4.78, 5) is 0. The van der Waals surface area contributed by atoms with Crippen LogP contribution >= 0.6 is 0 Å². The number of hydrogen-bond acceptors (Lipinski definition) is 0. The first-order valence-corrected chi connectivity index (χ1v) is 3.72. The molecule has 0 aliphatic heterocycles. The number of aryl methyl sites for hydroxylation is 1. The highest BCUT2D eigenvalue weighted by Crippen LogP contribution is 2.04. The van der Waals surface area contributed by atoms with E-state index in [4.69, 9.17) is 5.73 Å². The van der Waals surface area contributed by atoms with Crippen LogP contribution in [0.2, 0.25) is 0 Å². The van der Waals surface area contributed by atoms with E-state index in [1.165, 1.54) is 12.1 Å². The fraction of sp³-hybridized carbons (Fsp3) is 0.333. The smallest absolute Gasteiger partial charge is 0.123 e. The summed E-state index contributed by atoms with van der Waals surface area (Å²) in [6.07, 6.45) is 1.73. The fourth-order valence-electron chi connectivity index (χ4n) is 0.944. The van der Waals surface area contributed by atoms with Gasteiger partial charge >= 0.3 is 0 Å². The third-order valence-corrected chi connectivity index (χ3v) is 1.56. The average Bonchev–Trinajstić information content (AvgIpc) is 2.04. The molecule has 0 saturated heterocycles. The van der Waals surface area contributed by atoms with Gasteiger partial charge in [-0.25, -0.2) is 4.39 Å². The van der Waals surface area contributed by atoms with E-state index >= 15 is 0 Å². The first kappa shape index (κ1) is 8.21. The summed E-state index contributed by atoms with van der Waals surface area (Å²) < 4.78 is 12.4. The third kappa shape index (κ3) is 2.68. The van der Waals surface area contributed by atoms with Crippen LogP contribution in [0.15, 0.2) is 24.3 Å². The van der Waals surface area contributed by atoms with Gasteiger partial charge in [0.1, 0.15) is 5.82 Å². The van der Waals surface area contributed by atoms with Crippen LogP contribution in [0.5, 0.6) is 0 Å². The van der Waals surface area contributed by atoms with Crippen LogP contribution in [-0.2, 0) is 6.42 Å². The maximum Gasteiger partial charge on any atom is 0.123 e. The molecule has 11 heavy (non-hydrogen) atoms. The molecule has 0 spiro atoms. The zero-order chi connectivity index (χ0) is 8.10. The molecule has 0 heterocycles. The Balaban J connectivity index is 2.52. The quantitative estimate of drug-likeness (QED) is 0.633. The van der Waals surface area contributed by atoms with Gasteiger partial charge in [0.15, 0.2) is 0 Å². The average molecular weight is 152 g/mol. The van der Waals surface area contributed by atoms with Crippen molar-refractivity contribution in [3.63, 3.8) is 0 Å².